The number of carboxylic acids is 1. The third kappa shape index (κ3) is 4.27. The Labute approximate surface area is 135 Å². The lowest BCUT2D eigenvalue weighted by Crippen LogP contribution is -2.58. The number of rotatable bonds is 3. The average Bonchev–Trinajstić information content (AvgIpc) is 2.76. The maximum absolute atomic E-state index is 12.2. The number of carbonyl (C=O) groups excluding carboxylic acids is 2. The number of alkyl carbamates (subject to hydrolysis) is 1. The molecule has 2 aliphatic rings. The molecule has 1 aliphatic heterocycles. The van der Waals surface area contributed by atoms with Gasteiger partial charge in [-0.3, -0.25) is 0 Å². The van der Waals surface area contributed by atoms with E-state index < -0.39 is 23.2 Å². The van der Waals surface area contributed by atoms with Gasteiger partial charge in [-0.2, -0.15) is 0 Å². The molecule has 1 saturated carbocycles. The molecule has 1 saturated heterocycles. The monoisotopic (exact) mass is 327 g/mol. The molecule has 2 fully saturated rings. The SMILES string of the molecule is CC(C)(C)OC(=O)NC1(C(=O)O)CCN(C(=O)NC2CCC2)C1. The normalized spacial score (nSPS) is 24.7. The van der Waals surface area contributed by atoms with E-state index in [1.165, 1.54) is 4.90 Å². The van der Waals surface area contributed by atoms with E-state index in [0.29, 0.717) is 0 Å². The molecule has 1 unspecified atom stereocenters. The largest absolute Gasteiger partial charge is 0.479 e. The summed E-state index contributed by atoms with van der Waals surface area (Å²) in [7, 11) is 0. The molecule has 1 heterocycles. The van der Waals surface area contributed by atoms with Crippen molar-refractivity contribution in [2.24, 2.45) is 0 Å². The van der Waals surface area contributed by atoms with Crippen molar-refractivity contribution in [2.75, 3.05) is 13.1 Å². The first-order valence-corrected chi connectivity index (χ1v) is 7.91. The third-order valence-corrected chi connectivity index (χ3v) is 4.14. The van der Waals surface area contributed by atoms with Gasteiger partial charge < -0.3 is 25.4 Å². The van der Waals surface area contributed by atoms with Gasteiger partial charge in [-0.25, -0.2) is 14.4 Å². The van der Waals surface area contributed by atoms with Crippen LogP contribution >= 0.6 is 0 Å². The molecule has 0 aromatic carbocycles. The zero-order valence-corrected chi connectivity index (χ0v) is 13.8. The van der Waals surface area contributed by atoms with Gasteiger partial charge in [-0.05, 0) is 40.0 Å². The fourth-order valence-corrected chi connectivity index (χ4v) is 2.63. The Hall–Kier alpha value is -1.99. The summed E-state index contributed by atoms with van der Waals surface area (Å²) in [6.45, 7) is 5.31. The predicted octanol–water partition coefficient (Wildman–Crippen LogP) is 1.30. The average molecular weight is 327 g/mol. The molecular formula is C15H25N3O5. The highest BCUT2D eigenvalue weighted by molar-refractivity contribution is 5.87. The van der Waals surface area contributed by atoms with Gasteiger partial charge in [0.25, 0.3) is 0 Å². The predicted molar refractivity (Wildman–Crippen MR) is 82.1 cm³/mol. The van der Waals surface area contributed by atoms with Crippen molar-refractivity contribution in [3.05, 3.63) is 0 Å². The Balaban J connectivity index is 1.97. The van der Waals surface area contributed by atoms with E-state index >= 15 is 0 Å². The molecule has 1 aliphatic carbocycles. The summed E-state index contributed by atoms with van der Waals surface area (Å²) in [5.74, 6) is -1.16. The summed E-state index contributed by atoms with van der Waals surface area (Å²) in [6.07, 6.45) is 2.38. The van der Waals surface area contributed by atoms with Crippen LogP contribution in [0.25, 0.3) is 0 Å². The van der Waals surface area contributed by atoms with Crippen LogP contribution in [-0.2, 0) is 9.53 Å². The van der Waals surface area contributed by atoms with E-state index in [4.69, 9.17) is 4.74 Å². The van der Waals surface area contributed by atoms with Gasteiger partial charge in [-0.15, -0.1) is 0 Å². The zero-order chi connectivity index (χ0) is 17.3. The summed E-state index contributed by atoms with van der Waals surface area (Å²) < 4.78 is 5.13. The lowest BCUT2D eigenvalue weighted by atomic mass is 9.93. The molecular weight excluding hydrogens is 302 g/mol. The van der Waals surface area contributed by atoms with E-state index in [1.54, 1.807) is 20.8 Å². The van der Waals surface area contributed by atoms with Crippen LogP contribution in [0.2, 0.25) is 0 Å². The highest BCUT2D eigenvalue weighted by Gasteiger charge is 2.48. The van der Waals surface area contributed by atoms with E-state index in [2.05, 4.69) is 10.6 Å². The topological polar surface area (TPSA) is 108 Å². The number of hydrogen-bond donors (Lipinski definition) is 3. The van der Waals surface area contributed by atoms with Crippen molar-refractivity contribution in [2.45, 2.75) is 63.6 Å². The quantitative estimate of drug-likeness (QED) is 0.724. The summed E-state index contributed by atoms with van der Waals surface area (Å²) in [5.41, 5.74) is -2.22. The van der Waals surface area contributed by atoms with Crippen LogP contribution in [0.4, 0.5) is 9.59 Å². The summed E-state index contributed by atoms with van der Waals surface area (Å²) in [6, 6.07) is -0.0926. The van der Waals surface area contributed by atoms with Crippen molar-refractivity contribution in [1.82, 2.24) is 15.5 Å². The molecule has 130 valence electrons. The highest BCUT2D eigenvalue weighted by atomic mass is 16.6. The summed E-state index contributed by atoms with van der Waals surface area (Å²) in [4.78, 5) is 37.2. The Bertz CT molecular complexity index is 498. The van der Waals surface area contributed by atoms with E-state index in [1.807, 2.05) is 0 Å². The molecule has 3 N–H and O–H groups in total. The number of nitrogens with one attached hydrogen (secondary N) is 2. The first-order valence-electron chi connectivity index (χ1n) is 7.91. The first kappa shape index (κ1) is 17.4. The van der Waals surface area contributed by atoms with Crippen LogP contribution in [0.15, 0.2) is 0 Å². The van der Waals surface area contributed by atoms with Crippen LogP contribution in [0.5, 0.6) is 0 Å². The van der Waals surface area contributed by atoms with Crippen molar-refractivity contribution < 1.29 is 24.2 Å². The molecule has 8 nitrogen and oxygen atoms in total. The lowest BCUT2D eigenvalue weighted by molar-refractivity contribution is -0.144. The highest BCUT2D eigenvalue weighted by Crippen LogP contribution is 2.24. The van der Waals surface area contributed by atoms with Crippen molar-refractivity contribution in [1.29, 1.82) is 0 Å². The van der Waals surface area contributed by atoms with Crippen molar-refractivity contribution in [3.8, 4) is 0 Å². The molecule has 8 heteroatoms. The zero-order valence-electron chi connectivity index (χ0n) is 13.8. The number of aliphatic carboxylic acids is 1. The van der Waals surface area contributed by atoms with Crippen LogP contribution in [0.1, 0.15) is 46.5 Å². The van der Waals surface area contributed by atoms with Crippen LogP contribution in [-0.4, -0.2) is 58.4 Å². The lowest BCUT2D eigenvalue weighted by Gasteiger charge is -2.30. The fraction of sp³-hybridized carbons (Fsp3) is 0.800. The number of urea groups is 1. The minimum atomic E-state index is -1.50. The maximum atomic E-state index is 12.2. The molecule has 0 aromatic heterocycles. The second-order valence-electron chi connectivity index (χ2n) is 7.26. The van der Waals surface area contributed by atoms with Gasteiger partial charge in [-0.1, -0.05) is 0 Å². The van der Waals surface area contributed by atoms with Crippen molar-refractivity contribution >= 4 is 18.1 Å². The second kappa shape index (κ2) is 6.25. The molecule has 0 radical (unpaired) electrons. The van der Waals surface area contributed by atoms with Gasteiger partial charge in [0.1, 0.15) is 5.60 Å². The molecule has 23 heavy (non-hydrogen) atoms. The standard InChI is InChI=1S/C15H25N3O5/c1-14(2,3)23-13(22)17-15(11(19)20)7-8-18(9-15)12(21)16-10-5-4-6-10/h10H,4-9H2,1-3H3,(H,16,21)(H,17,22)(H,19,20). The number of nitrogens with zero attached hydrogens (tertiary/aromatic N) is 1. The molecule has 1 atom stereocenters. The van der Waals surface area contributed by atoms with Crippen molar-refractivity contribution in [3.63, 3.8) is 0 Å². The van der Waals surface area contributed by atoms with E-state index in [0.717, 1.165) is 19.3 Å². The van der Waals surface area contributed by atoms with Crippen LogP contribution < -0.4 is 10.6 Å². The first-order chi connectivity index (χ1) is 10.6. The molecule has 2 rings (SSSR count). The number of amides is 3. The smallest absolute Gasteiger partial charge is 0.408 e. The number of carbonyl (C=O) groups is 3. The minimum absolute atomic E-state index is 0.0693. The van der Waals surface area contributed by atoms with Gasteiger partial charge in [0.15, 0.2) is 5.54 Å². The summed E-state index contributed by atoms with van der Waals surface area (Å²) in [5, 5.41) is 14.8. The Morgan fingerprint density at radius 1 is 1.26 bits per heavy atom. The number of ether oxygens (including phenoxy) is 1. The molecule has 0 spiro atoms. The van der Waals surface area contributed by atoms with Gasteiger partial charge in [0, 0.05) is 19.0 Å². The van der Waals surface area contributed by atoms with Gasteiger partial charge in [0.2, 0.25) is 0 Å². The van der Waals surface area contributed by atoms with Gasteiger partial charge >= 0.3 is 18.1 Å². The Kier molecular flexibility index (Phi) is 4.72. The van der Waals surface area contributed by atoms with E-state index in [9.17, 15) is 19.5 Å². The fourth-order valence-electron chi connectivity index (χ4n) is 2.63. The third-order valence-electron chi connectivity index (χ3n) is 4.14. The molecule has 3 amide bonds. The molecule has 0 aromatic rings. The van der Waals surface area contributed by atoms with Gasteiger partial charge in [0.05, 0.1) is 6.54 Å². The van der Waals surface area contributed by atoms with E-state index in [-0.39, 0.29) is 31.6 Å². The second-order valence-corrected chi connectivity index (χ2v) is 7.26. The maximum Gasteiger partial charge on any atom is 0.408 e. The van der Waals surface area contributed by atoms with Crippen LogP contribution in [0, 0.1) is 0 Å². The summed E-state index contributed by atoms with van der Waals surface area (Å²) >= 11 is 0. The number of carboxylic acid groups (broad SMARTS) is 1. The Morgan fingerprint density at radius 3 is 2.39 bits per heavy atom. The Morgan fingerprint density at radius 2 is 1.91 bits per heavy atom. The number of likely N-dealkylation sites (tertiary alicyclic amines) is 1. The van der Waals surface area contributed by atoms with Crippen LogP contribution in [0.3, 0.4) is 0 Å². The molecule has 0 bridgehead atoms. The number of hydrogen-bond acceptors (Lipinski definition) is 4. The minimum Gasteiger partial charge on any atom is -0.479 e.